The van der Waals surface area contributed by atoms with Crippen LogP contribution >= 0.6 is 0 Å². The van der Waals surface area contributed by atoms with Crippen molar-refractivity contribution < 1.29 is 18.0 Å². The van der Waals surface area contributed by atoms with E-state index in [1.165, 1.54) is 18.2 Å². The van der Waals surface area contributed by atoms with Crippen LogP contribution in [-0.2, 0) is 17.4 Å². The van der Waals surface area contributed by atoms with Gasteiger partial charge in [-0.25, -0.2) is 0 Å². The van der Waals surface area contributed by atoms with E-state index in [9.17, 15) is 18.0 Å². The number of ketones is 1. The summed E-state index contributed by atoms with van der Waals surface area (Å²) < 4.78 is 37.8. The minimum Gasteiger partial charge on any atom is -0.299 e. The molecule has 0 aromatic heterocycles. The van der Waals surface area contributed by atoms with Crippen molar-refractivity contribution >= 4 is 5.78 Å². The average Bonchev–Trinajstić information content (AvgIpc) is 2.16. The van der Waals surface area contributed by atoms with Gasteiger partial charge in [-0.1, -0.05) is 32.0 Å². The molecule has 0 N–H and O–H groups in total. The van der Waals surface area contributed by atoms with E-state index in [4.69, 9.17) is 0 Å². The molecule has 0 aliphatic heterocycles. The summed E-state index contributed by atoms with van der Waals surface area (Å²) in [5, 5.41) is 0. The van der Waals surface area contributed by atoms with Gasteiger partial charge in [-0.3, -0.25) is 4.79 Å². The van der Waals surface area contributed by atoms with E-state index in [1.54, 1.807) is 13.8 Å². The lowest BCUT2D eigenvalue weighted by molar-refractivity contribution is -0.138. The summed E-state index contributed by atoms with van der Waals surface area (Å²) in [6.07, 6.45) is -4.55. The molecule has 88 valence electrons. The fourth-order valence-electron chi connectivity index (χ4n) is 1.34. The normalized spacial score (nSPS) is 11.9. The van der Waals surface area contributed by atoms with E-state index in [0.717, 1.165) is 6.07 Å². The third kappa shape index (κ3) is 3.08. The van der Waals surface area contributed by atoms with Crippen molar-refractivity contribution in [3.8, 4) is 0 Å². The molecule has 0 saturated carbocycles. The topological polar surface area (TPSA) is 17.1 Å². The molecule has 0 bridgehead atoms. The first-order chi connectivity index (χ1) is 7.32. The molecule has 4 heteroatoms. The van der Waals surface area contributed by atoms with Gasteiger partial charge in [0, 0.05) is 12.3 Å². The minimum absolute atomic E-state index is 0.0497. The van der Waals surface area contributed by atoms with Crippen molar-refractivity contribution in [2.75, 3.05) is 0 Å². The van der Waals surface area contributed by atoms with Crippen LogP contribution in [0.2, 0.25) is 0 Å². The van der Waals surface area contributed by atoms with Crippen LogP contribution < -0.4 is 0 Å². The summed E-state index contributed by atoms with van der Waals surface area (Å²) in [5.41, 5.74) is -0.669. The third-order valence-electron chi connectivity index (χ3n) is 2.33. The SMILES string of the molecule is CC(C)C(=O)Cc1ccccc1C(F)(F)F. The van der Waals surface area contributed by atoms with Crippen LogP contribution in [0.25, 0.3) is 0 Å². The van der Waals surface area contributed by atoms with E-state index in [1.807, 2.05) is 0 Å². The molecule has 0 spiro atoms. The minimum atomic E-state index is -4.39. The molecule has 0 atom stereocenters. The zero-order valence-electron chi connectivity index (χ0n) is 9.14. The van der Waals surface area contributed by atoms with E-state index in [0.29, 0.717) is 0 Å². The quantitative estimate of drug-likeness (QED) is 0.777. The predicted molar refractivity (Wildman–Crippen MR) is 55.0 cm³/mol. The first-order valence-corrected chi connectivity index (χ1v) is 5.00. The predicted octanol–water partition coefficient (Wildman–Crippen LogP) is 3.47. The van der Waals surface area contributed by atoms with Gasteiger partial charge in [-0.15, -0.1) is 0 Å². The van der Waals surface area contributed by atoms with Gasteiger partial charge in [0.25, 0.3) is 0 Å². The highest BCUT2D eigenvalue weighted by molar-refractivity contribution is 5.82. The summed E-state index contributed by atoms with van der Waals surface area (Å²) in [7, 11) is 0. The Morgan fingerprint density at radius 3 is 2.31 bits per heavy atom. The number of rotatable bonds is 3. The van der Waals surface area contributed by atoms with Crippen molar-refractivity contribution in [1.29, 1.82) is 0 Å². The molecule has 1 aromatic rings. The smallest absolute Gasteiger partial charge is 0.299 e. The lowest BCUT2D eigenvalue weighted by Gasteiger charge is -2.12. The molecule has 1 rings (SSSR count). The van der Waals surface area contributed by atoms with Gasteiger partial charge in [0.15, 0.2) is 0 Å². The molecule has 0 aliphatic carbocycles. The van der Waals surface area contributed by atoms with E-state index >= 15 is 0 Å². The van der Waals surface area contributed by atoms with Crippen LogP contribution in [0.3, 0.4) is 0 Å². The third-order valence-corrected chi connectivity index (χ3v) is 2.33. The lowest BCUT2D eigenvalue weighted by Crippen LogP contribution is -2.15. The van der Waals surface area contributed by atoms with Crippen molar-refractivity contribution in [1.82, 2.24) is 0 Å². The van der Waals surface area contributed by atoms with Crippen molar-refractivity contribution in [2.24, 2.45) is 5.92 Å². The van der Waals surface area contributed by atoms with Crippen LogP contribution in [0.5, 0.6) is 0 Å². The molecule has 0 heterocycles. The highest BCUT2D eigenvalue weighted by Gasteiger charge is 2.33. The molecule has 1 aromatic carbocycles. The number of benzene rings is 1. The van der Waals surface area contributed by atoms with Gasteiger partial charge in [-0.05, 0) is 11.6 Å². The number of carbonyl (C=O) groups is 1. The maximum Gasteiger partial charge on any atom is 0.416 e. The molecular formula is C12H13F3O. The van der Waals surface area contributed by atoms with Gasteiger partial charge in [0.1, 0.15) is 5.78 Å². The number of alkyl halides is 3. The van der Waals surface area contributed by atoms with Crippen LogP contribution in [0.1, 0.15) is 25.0 Å². The van der Waals surface area contributed by atoms with E-state index < -0.39 is 11.7 Å². The summed E-state index contributed by atoms with van der Waals surface area (Å²) >= 11 is 0. The van der Waals surface area contributed by atoms with Crippen molar-refractivity contribution in [2.45, 2.75) is 26.4 Å². The Kier molecular flexibility index (Phi) is 3.73. The Morgan fingerprint density at radius 1 is 1.25 bits per heavy atom. The molecule has 0 aliphatic rings. The zero-order valence-corrected chi connectivity index (χ0v) is 9.14. The van der Waals surface area contributed by atoms with Gasteiger partial charge >= 0.3 is 6.18 Å². The Balaban J connectivity index is 3.01. The maximum atomic E-state index is 12.6. The van der Waals surface area contributed by atoms with Crippen molar-refractivity contribution in [3.63, 3.8) is 0 Å². The van der Waals surface area contributed by atoms with Crippen molar-refractivity contribution in [3.05, 3.63) is 35.4 Å². The average molecular weight is 230 g/mol. The molecular weight excluding hydrogens is 217 g/mol. The fraction of sp³-hybridized carbons (Fsp3) is 0.417. The molecule has 0 unspecified atom stereocenters. The number of hydrogen-bond donors (Lipinski definition) is 0. The Bertz CT molecular complexity index is 380. The highest BCUT2D eigenvalue weighted by Crippen LogP contribution is 2.32. The van der Waals surface area contributed by atoms with Gasteiger partial charge in [0.05, 0.1) is 5.56 Å². The Hall–Kier alpha value is -1.32. The van der Waals surface area contributed by atoms with Crippen LogP contribution in [0.15, 0.2) is 24.3 Å². The largest absolute Gasteiger partial charge is 0.416 e. The Morgan fingerprint density at radius 2 is 1.81 bits per heavy atom. The lowest BCUT2D eigenvalue weighted by atomic mass is 9.97. The first kappa shape index (κ1) is 12.7. The second-order valence-corrected chi connectivity index (χ2v) is 3.95. The number of carbonyl (C=O) groups excluding carboxylic acids is 1. The molecule has 16 heavy (non-hydrogen) atoms. The van der Waals surface area contributed by atoms with Gasteiger partial charge in [-0.2, -0.15) is 13.2 Å². The summed E-state index contributed by atoms with van der Waals surface area (Å²) in [6, 6.07) is 5.19. The molecule has 0 amide bonds. The van der Waals surface area contributed by atoms with Gasteiger partial charge in [0.2, 0.25) is 0 Å². The Labute approximate surface area is 92.3 Å². The molecule has 0 fully saturated rings. The van der Waals surface area contributed by atoms with E-state index in [-0.39, 0.29) is 23.7 Å². The molecule has 0 radical (unpaired) electrons. The second kappa shape index (κ2) is 4.68. The first-order valence-electron chi connectivity index (χ1n) is 5.00. The fourth-order valence-corrected chi connectivity index (χ4v) is 1.34. The monoisotopic (exact) mass is 230 g/mol. The van der Waals surface area contributed by atoms with Crippen LogP contribution in [0, 0.1) is 5.92 Å². The van der Waals surface area contributed by atoms with Gasteiger partial charge < -0.3 is 0 Å². The number of halogens is 3. The summed E-state index contributed by atoms with van der Waals surface area (Å²) in [6.45, 7) is 3.36. The maximum absolute atomic E-state index is 12.6. The standard InChI is InChI=1S/C12H13F3O/c1-8(2)11(16)7-9-5-3-4-6-10(9)12(13,14)15/h3-6,8H,7H2,1-2H3. The van der Waals surface area contributed by atoms with Crippen LogP contribution in [-0.4, -0.2) is 5.78 Å². The second-order valence-electron chi connectivity index (χ2n) is 3.95. The summed E-state index contributed by atoms with van der Waals surface area (Å²) in [4.78, 5) is 11.4. The molecule has 0 saturated heterocycles. The van der Waals surface area contributed by atoms with E-state index in [2.05, 4.69) is 0 Å². The van der Waals surface area contributed by atoms with Crippen LogP contribution in [0.4, 0.5) is 13.2 Å². The zero-order chi connectivity index (χ0) is 12.3. The number of hydrogen-bond acceptors (Lipinski definition) is 1. The molecule has 1 nitrogen and oxygen atoms in total. The number of Topliss-reactive ketones (excluding diaryl/α,β-unsaturated/α-hetero) is 1. The summed E-state index contributed by atoms with van der Waals surface area (Å²) in [5.74, 6) is -0.432. The highest BCUT2D eigenvalue weighted by atomic mass is 19.4.